The number of nitrogens with zero attached hydrogens (tertiary/aromatic N) is 1. The van der Waals surface area contributed by atoms with Gasteiger partial charge in [0.1, 0.15) is 11.4 Å². The van der Waals surface area contributed by atoms with E-state index in [2.05, 4.69) is 31.0 Å². The Hall–Kier alpha value is -2.13. The number of rotatable bonds is 9. The highest BCUT2D eigenvalue weighted by Crippen LogP contribution is 2.31. The Bertz CT molecular complexity index is 815. The molecule has 1 aromatic carbocycles. The van der Waals surface area contributed by atoms with E-state index in [1.54, 1.807) is 13.3 Å². The molecule has 29 heavy (non-hydrogen) atoms. The molecule has 0 aliphatic heterocycles. The number of ether oxygens (including phenoxy) is 3. The molecule has 0 atom stereocenters. The number of hydrogen-bond donors (Lipinski definition) is 2. The van der Waals surface area contributed by atoms with Crippen LogP contribution in [0, 0.1) is 0 Å². The third-order valence-corrected chi connectivity index (χ3v) is 4.63. The Labute approximate surface area is 184 Å². The lowest BCUT2D eigenvalue weighted by Crippen LogP contribution is -2.33. The fourth-order valence-electron chi connectivity index (χ4n) is 2.16. The van der Waals surface area contributed by atoms with Crippen LogP contribution >= 0.6 is 27.9 Å². The highest BCUT2D eigenvalue weighted by Gasteiger charge is 2.15. The van der Waals surface area contributed by atoms with Crippen molar-refractivity contribution < 1.29 is 19.0 Å². The second-order valence-electron chi connectivity index (χ2n) is 7.02. The average molecular weight is 484 g/mol. The second kappa shape index (κ2) is 11.2. The normalized spacial score (nSPS) is 10.9. The number of carbonyl (C=O) groups excluding carboxylic acids is 1. The molecule has 0 unspecified atom stereocenters. The predicted octanol–water partition coefficient (Wildman–Crippen LogP) is 5.27. The van der Waals surface area contributed by atoms with Crippen LogP contribution in [0.5, 0.6) is 11.6 Å². The van der Waals surface area contributed by atoms with E-state index >= 15 is 0 Å². The number of nitrogens with one attached hydrogen (secondary N) is 2. The zero-order valence-electron chi connectivity index (χ0n) is 17.0. The van der Waals surface area contributed by atoms with Crippen molar-refractivity contribution in [3.8, 4) is 11.6 Å². The third kappa shape index (κ3) is 8.82. The Morgan fingerprint density at radius 1 is 1.28 bits per heavy atom. The number of methoxy groups -OCH3 is 1. The minimum absolute atomic E-state index is 0.418. The summed E-state index contributed by atoms with van der Waals surface area (Å²) >= 11 is 4.82. The maximum Gasteiger partial charge on any atom is 0.407 e. The molecule has 0 radical (unpaired) electrons. The molecule has 0 fully saturated rings. The molecular formula is C20H26BrN3O4S. The predicted molar refractivity (Wildman–Crippen MR) is 119 cm³/mol. The van der Waals surface area contributed by atoms with Crippen molar-refractivity contribution in [3.05, 3.63) is 41.0 Å². The summed E-state index contributed by atoms with van der Waals surface area (Å²) in [4.78, 5) is 16.7. The van der Waals surface area contributed by atoms with Crippen molar-refractivity contribution in [2.45, 2.75) is 37.7 Å². The lowest BCUT2D eigenvalue weighted by molar-refractivity contribution is 0.0525. The molecule has 2 aromatic rings. The lowest BCUT2D eigenvalue weighted by Gasteiger charge is -2.19. The highest BCUT2D eigenvalue weighted by molar-refractivity contribution is 9.10. The molecule has 7 nitrogen and oxygen atoms in total. The zero-order valence-corrected chi connectivity index (χ0v) is 19.4. The second-order valence-corrected chi connectivity index (χ2v) is 8.79. The van der Waals surface area contributed by atoms with Crippen LogP contribution < -0.4 is 19.5 Å². The molecule has 2 rings (SSSR count). The summed E-state index contributed by atoms with van der Waals surface area (Å²) < 4.78 is 20.4. The summed E-state index contributed by atoms with van der Waals surface area (Å²) in [5, 5.41) is 2.71. The van der Waals surface area contributed by atoms with Crippen molar-refractivity contribution in [2.75, 3.05) is 25.0 Å². The van der Waals surface area contributed by atoms with Crippen LogP contribution in [0.1, 0.15) is 27.2 Å². The van der Waals surface area contributed by atoms with Crippen LogP contribution in [0.25, 0.3) is 0 Å². The molecule has 0 aliphatic rings. The maximum absolute atomic E-state index is 11.6. The van der Waals surface area contributed by atoms with E-state index < -0.39 is 11.7 Å². The molecule has 1 aromatic heterocycles. The Balaban J connectivity index is 1.77. The third-order valence-electron chi connectivity index (χ3n) is 3.35. The molecule has 0 spiro atoms. The number of pyridine rings is 1. The molecule has 1 amide bonds. The van der Waals surface area contributed by atoms with Crippen molar-refractivity contribution in [1.29, 1.82) is 0 Å². The number of anilines is 1. The first-order valence-electron chi connectivity index (χ1n) is 9.09. The number of hydrogen-bond acceptors (Lipinski definition) is 7. The topological polar surface area (TPSA) is 81.7 Å². The molecule has 0 aliphatic carbocycles. The van der Waals surface area contributed by atoms with E-state index in [4.69, 9.17) is 14.2 Å². The van der Waals surface area contributed by atoms with Crippen molar-refractivity contribution >= 4 is 39.7 Å². The molecule has 0 saturated heterocycles. The van der Waals surface area contributed by atoms with E-state index in [0.717, 1.165) is 20.8 Å². The smallest absolute Gasteiger partial charge is 0.407 e. The van der Waals surface area contributed by atoms with Gasteiger partial charge in [0.15, 0.2) is 0 Å². The fraction of sp³-hybridized carbons (Fsp3) is 0.400. The van der Waals surface area contributed by atoms with E-state index in [0.29, 0.717) is 25.5 Å². The first-order valence-corrected chi connectivity index (χ1v) is 10.7. The van der Waals surface area contributed by atoms with Crippen LogP contribution in [-0.4, -0.2) is 36.9 Å². The van der Waals surface area contributed by atoms with Gasteiger partial charge in [0, 0.05) is 29.0 Å². The average Bonchev–Trinajstić information content (AvgIpc) is 2.65. The van der Waals surface area contributed by atoms with Gasteiger partial charge >= 0.3 is 6.09 Å². The zero-order chi connectivity index (χ0) is 21.3. The van der Waals surface area contributed by atoms with Gasteiger partial charge < -0.3 is 24.2 Å². The minimum Gasteiger partial charge on any atom is -0.493 e. The Morgan fingerprint density at radius 3 is 2.79 bits per heavy atom. The van der Waals surface area contributed by atoms with Crippen molar-refractivity contribution in [3.63, 3.8) is 0 Å². The fourth-order valence-corrected chi connectivity index (χ4v) is 3.41. The van der Waals surface area contributed by atoms with Crippen molar-refractivity contribution in [2.24, 2.45) is 0 Å². The Morgan fingerprint density at radius 2 is 2.07 bits per heavy atom. The Kier molecular flexibility index (Phi) is 8.91. The van der Waals surface area contributed by atoms with Gasteiger partial charge in [0.2, 0.25) is 5.88 Å². The van der Waals surface area contributed by atoms with Gasteiger partial charge in [0.05, 0.1) is 18.6 Å². The highest BCUT2D eigenvalue weighted by atomic mass is 79.9. The summed E-state index contributed by atoms with van der Waals surface area (Å²) in [5.41, 5.74) is 0.392. The van der Waals surface area contributed by atoms with E-state index in [9.17, 15) is 4.79 Å². The largest absolute Gasteiger partial charge is 0.493 e. The van der Waals surface area contributed by atoms with Gasteiger partial charge in [-0.1, -0.05) is 6.07 Å². The molecule has 9 heteroatoms. The lowest BCUT2D eigenvalue weighted by atomic mass is 10.2. The van der Waals surface area contributed by atoms with Crippen LogP contribution in [0.15, 0.2) is 45.9 Å². The first-order chi connectivity index (χ1) is 13.8. The molecule has 0 bridgehead atoms. The first kappa shape index (κ1) is 23.2. The molecule has 2 N–H and O–H groups in total. The molecular weight excluding hydrogens is 458 g/mol. The van der Waals surface area contributed by atoms with Gasteiger partial charge in [-0.25, -0.2) is 9.78 Å². The number of halogens is 1. The summed E-state index contributed by atoms with van der Waals surface area (Å²) in [6.07, 6.45) is 1.94. The van der Waals surface area contributed by atoms with Crippen molar-refractivity contribution in [1.82, 2.24) is 10.3 Å². The van der Waals surface area contributed by atoms with Crippen LogP contribution in [0.2, 0.25) is 0 Å². The number of benzene rings is 1. The summed E-state index contributed by atoms with van der Waals surface area (Å²) in [7, 11) is 1.59. The monoisotopic (exact) mass is 483 g/mol. The van der Waals surface area contributed by atoms with Gasteiger partial charge in [-0.2, -0.15) is 0 Å². The number of alkyl carbamates (subject to hydrolysis) is 1. The van der Waals surface area contributed by atoms with E-state index in [1.165, 1.54) is 11.9 Å². The maximum atomic E-state index is 11.6. The summed E-state index contributed by atoms with van der Waals surface area (Å²) in [5.74, 6) is 1.29. The van der Waals surface area contributed by atoms with Crippen LogP contribution in [-0.2, 0) is 4.74 Å². The number of amides is 1. The van der Waals surface area contributed by atoms with E-state index in [-0.39, 0.29) is 0 Å². The summed E-state index contributed by atoms with van der Waals surface area (Å²) in [6.45, 7) is 6.46. The molecule has 0 saturated carbocycles. The number of carbonyl (C=O) groups is 1. The van der Waals surface area contributed by atoms with Gasteiger partial charge in [-0.3, -0.25) is 0 Å². The van der Waals surface area contributed by atoms with Crippen LogP contribution in [0.3, 0.4) is 0 Å². The van der Waals surface area contributed by atoms with Crippen LogP contribution in [0.4, 0.5) is 10.5 Å². The summed E-state index contributed by atoms with van der Waals surface area (Å²) in [6, 6.07) is 9.58. The number of aromatic nitrogens is 1. The standard InChI is InChI=1S/C20H26BrN3O4S/c1-20(2,3)28-19(25)22-9-6-10-27-16-8-5-7-15(12-16)24-29-17-11-14(21)13-23-18(17)26-4/h5,7-8,11-13,24H,6,9-10H2,1-4H3,(H,22,25). The van der Waals surface area contributed by atoms with E-state index in [1.807, 2.05) is 51.1 Å². The SMILES string of the molecule is COc1ncc(Br)cc1SNc1cccc(OCCCNC(=O)OC(C)(C)C)c1. The quantitative estimate of drug-likeness (QED) is 0.371. The minimum atomic E-state index is -0.498. The van der Waals surface area contributed by atoms with Gasteiger partial charge in [-0.15, -0.1) is 0 Å². The van der Waals surface area contributed by atoms with Gasteiger partial charge in [0.25, 0.3) is 0 Å². The molecule has 1 heterocycles. The van der Waals surface area contributed by atoms with Gasteiger partial charge in [-0.05, 0) is 73.3 Å². The molecule has 158 valence electrons.